The van der Waals surface area contributed by atoms with E-state index in [0.717, 1.165) is 12.1 Å². The molecule has 4 nitrogen and oxygen atoms in total. The minimum Gasteiger partial charge on any atom is -0.380 e. The number of carbonyl (C=O) groups is 1. The number of methoxy groups -OCH3 is 1. The van der Waals surface area contributed by atoms with E-state index in [1.54, 1.807) is 12.0 Å². The Morgan fingerprint density at radius 2 is 2.17 bits per heavy atom. The molecule has 1 aromatic carbocycles. The molecule has 0 saturated carbocycles. The van der Waals surface area contributed by atoms with Gasteiger partial charge in [-0.05, 0) is 24.7 Å². The molecule has 1 N–H and O–H groups in total. The molecule has 0 atom stereocenters. The van der Waals surface area contributed by atoms with Crippen LogP contribution in [-0.2, 0) is 11.3 Å². The third kappa shape index (κ3) is 5.04. The number of halogens is 1. The van der Waals surface area contributed by atoms with Gasteiger partial charge in [0.25, 0.3) is 5.91 Å². The average molecular weight is 273 g/mol. The number of benzene rings is 1. The lowest BCUT2D eigenvalue weighted by Crippen LogP contribution is -2.32. The van der Waals surface area contributed by atoms with Crippen molar-refractivity contribution in [2.24, 2.45) is 0 Å². The molecule has 0 heterocycles. The van der Waals surface area contributed by atoms with Gasteiger partial charge in [-0.3, -0.25) is 4.79 Å². The summed E-state index contributed by atoms with van der Waals surface area (Å²) in [6, 6.07) is 7.54. The molecule has 0 saturated heterocycles. The molecule has 1 amide bonds. The first-order valence-electron chi connectivity index (χ1n) is 5.67. The Bertz CT molecular complexity index is 372. The van der Waals surface area contributed by atoms with Gasteiger partial charge in [-0.2, -0.15) is 0 Å². The second-order valence-electron chi connectivity index (χ2n) is 3.96. The van der Waals surface area contributed by atoms with Gasteiger partial charge < -0.3 is 15.0 Å². The van der Waals surface area contributed by atoms with Gasteiger partial charge in [-0.25, -0.2) is 0 Å². The molecular formula is C13H21ClN2O2. The summed E-state index contributed by atoms with van der Waals surface area (Å²) < 4.78 is 5.05. The Kier molecular flexibility index (Phi) is 8.37. The predicted molar refractivity (Wildman–Crippen MR) is 75.3 cm³/mol. The average Bonchev–Trinajstić information content (AvgIpc) is 2.35. The first-order valence-corrected chi connectivity index (χ1v) is 5.67. The SMILES string of the molecule is CNCCN(C)C(=O)c1cccc(COC)c1.Cl. The zero-order chi connectivity index (χ0) is 12.7. The van der Waals surface area contributed by atoms with Crippen LogP contribution in [-0.4, -0.2) is 45.1 Å². The summed E-state index contributed by atoms with van der Waals surface area (Å²) in [6.07, 6.45) is 0. The number of likely N-dealkylation sites (N-methyl/N-ethyl adjacent to an activating group) is 2. The van der Waals surface area contributed by atoms with Gasteiger partial charge in [0.2, 0.25) is 0 Å². The lowest BCUT2D eigenvalue weighted by atomic mass is 10.1. The van der Waals surface area contributed by atoms with E-state index in [2.05, 4.69) is 5.32 Å². The van der Waals surface area contributed by atoms with Crippen molar-refractivity contribution < 1.29 is 9.53 Å². The Balaban J connectivity index is 0.00000289. The quantitative estimate of drug-likeness (QED) is 0.854. The van der Waals surface area contributed by atoms with Crippen molar-refractivity contribution in [1.82, 2.24) is 10.2 Å². The topological polar surface area (TPSA) is 41.6 Å². The fourth-order valence-electron chi connectivity index (χ4n) is 1.56. The zero-order valence-corrected chi connectivity index (χ0v) is 11.9. The van der Waals surface area contributed by atoms with Crippen LogP contribution in [0.15, 0.2) is 24.3 Å². The van der Waals surface area contributed by atoms with Crippen molar-refractivity contribution in [2.45, 2.75) is 6.61 Å². The van der Waals surface area contributed by atoms with E-state index >= 15 is 0 Å². The number of carbonyl (C=O) groups excluding carboxylic acids is 1. The number of amides is 1. The third-order valence-corrected chi connectivity index (χ3v) is 2.53. The monoisotopic (exact) mass is 272 g/mol. The van der Waals surface area contributed by atoms with E-state index in [-0.39, 0.29) is 18.3 Å². The van der Waals surface area contributed by atoms with Crippen LogP contribution in [0.3, 0.4) is 0 Å². The Morgan fingerprint density at radius 3 is 2.78 bits per heavy atom. The molecular weight excluding hydrogens is 252 g/mol. The van der Waals surface area contributed by atoms with Crippen LogP contribution in [0, 0.1) is 0 Å². The van der Waals surface area contributed by atoms with Gasteiger partial charge >= 0.3 is 0 Å². The third-order valence-electron chi connectivity index (χ3n) is 2.53. The van der Waals surface area contributed by atoms with Crippen LogP contribution in [0.2, 0.25) is 0 Å². The van der Waals surface area contributed by atoms with Crippen molar-refractivity contribution in [2.75, 3.05) is 34.3 Å². The minimum absolute atomic E-state index is 0. The van der Waals surface area contributed by atoms with E-state index in [4.69, 9.17) is 4.74 Å². The molecule has 102 valence electrons. The number of nitrogens with one attached hydrogen (secondary N) is 1. The van der Waals surface area contributed by atoms with Crippen LogP contribution < -0.4 is 5.32 Å². The van der Waals surface area contributed by atoms with E-state index in [0.29, 0.717) is 18.7 Å². The number of nitrogens with zero attached hydrogens (tertiary/aromatic N) is 1. The van der Waals surface area contributed by atoms with Crippen molar-refractivity contribution in [1.29, 1.82) is 0 Å². The first kappa shape index (κ1) is 16.9. The van der Waals surface area contributed by atoms with Gasteiger partial charge in [0.05, 0.1) is 6.61 Å². The Labute approximate surface area is 115 Å². The largest absolute Gasteiger partial charge is 0.380 e. The highest BCUT2D eigenvalue weighted by atomic mass is 35.5. The molecule has 1 rings (SSSR count). The maximum atomic E-state index is 12.1. The van der Waals surface area contributed by atoms with Gasteiger partial charge in [-0.1, -0.05) is 12.1 Å². The maximum Gasteiger partial charge on any atom is 0.253 e. The molecule has 0 aliphatic carbocycles. The fraction of sp³-hybridized carbons (Fsp3) is 0.462. The number of ether oxygens (including phenoxy) is 1. The highest BCUT2D eigenvalue weighted by molar-refractivity contribution is 5.94. The maximum absolute atomic E-state index is 12.1. The minimum atomic E-state index is 0. The summed E-state index contributed by atoms with van der Waals surface area (Å²) in [6.45, 7) is 2.02. The molecule has 0 radical (unpaired) electrons. The Morgan fingerprint density at radius 1 is 1.44 bits per heavy atom. The summed E-state index contributed by atoms with van der Waals surface area (Å²) in [4.78, 5) is 13.8. The van der Waals surface area contributed by atoms with Crippen LogP contribution >= 0.6 is 12.4 Å². The first-order chi connectivity index (χ1) is 8.19. The van der Waals surface area contributed by atoms with E-state index < -0.39 is 0 Å². The standard InChI is InChI=1S/C13H20N2O2.ClH/c1-14-7-8-15(2)13(16)12-6-4-5-11(9-12)10-17-3;/h4-6,9,14H,7-8,10H2,1-3H3;1H. The molecule has 0 aliphatic rings. The van der Waals surface area contributed by atoms with E-state index in [1.807, 2.05) is 38.4 Å². The fourth-order valence-corrected chi connectivity index (χ4v) is 1.56. The number of rotatable bonds is 6. The molecule has 0 bridgehead atoms. The van der Waals surface area contributed by atoms with Crippen molar-refractivity contribution >= 4 is 18.3 Å². The second-order valence-corrected chi connectivity index (χ2v) is 3.96. The van der Waals surface area contributed by atoms with Crippen molar-refractivity contribution in [3.8, 4) is 0 Å². The summed E-state index contributed by atoms with van der Waals surface area (Å²) in [5, 5.41) is 3.02. The van der Waals surface area contributed by atoms with Crippen molar-refractivity contribution in [3.05, 3.63) is 35.4 Å². The van der Waals surface area contributed by atoms with E-state index in [9.17, 15) is 4.79 Å². The summed E-state index contributed by atoms with van der Waals surface area (Å²) in [5.41, 5.74) is 1.72. The highest BCUT2D eigenvalue weighted by Crippen LogP contribution is 2.08. The number of hydrogen-bond acceptors (Lipinski definition) is 3. The van der Waals surface area contributed by atoms with E-state index in [1.165, 1.54) is 0 Å². The molecule has 0 spiro atoms. The number of hydrogen-bond donors (Lipinski definition) is 1. The van der Waals surface area contributed by atoms with Crippen LogP contribution in [0.4, 0.5) is 0 Å². The van der Waals surface area contributed by atoms with Crippen LogP contribution in [0.5, 0.6) is 0 Å². The molecule has 0 aliphatic heterocycles. The van der Waals surface area contributed by atoms with Gasteiger partial charge in [0.15, 0.2) is 0 Å². The second kappa shape index (κ2) is 8.91. The summed E-state index contributed by atoms with van der Waals surface area (Å²) in [5.74, 6) is 0.0400. The van der Waals surface area contributed by atoms with Gasteiger partial charge in [0, 0.05) is 32.8 Å². The van der Waals surface area contributed by atoms with Gasteiger partial charge in [0.1, 0.15) is 0 Å². The lowest BCUT2D eigenvalue weighted by Gasteiger charge is -2.17. The van der Waals surface area contributed by atoms with Crippen molar-refractivity contribution in [3.63, 3.8) is 0 Å². The van der Waals surface area contributed by atoms with Crippen LogP contribution in [0.1, 0.15) is 15.9 Å². The zero-order valence-electron chi connectivity index (χ0n) is 11.1. The summed E-state index contributed by atoms with van der Waals surface area (Å²) in [7, 11) is 5.33. The normalized spacial score (nSPS) is 9.72. The molecule has 0 aromatic heterocycles. The van der Waals surface area contributed by atoms with Crippen LogP contribution in [0.25, 0.3) is 0 Å². The highest BCUT2D eigenvalue weighted by Gasteiger charge is 2.11. The molecule has 0 unspecified atom stereocenters. The summed E-state index contributed by atoms with van der Waals surface area (Å²) >= 11 is 0. The predicted octanol–water partition coefficient (Wildman–Crippen LogP) is 1.55. The molecule has 5 heteroatoms. The molecule has 0 fully saturated rings. The molecule has 18 heavy (non-hydrogen) atoms. The van der Waals surface area contributed by atoms with Gasteiger partial charge in [-0.15, -0.1) is 12.4 Å². The molecule has 1 aromatic rings. The lowest BCUT2D eigenvalue weighted by molar-refractivity contribution is 0.0796. The Hall–Kier alpha value is -1.10. The smallest absolute Gasteiger partial charge is 0.253 e.